The molecule has 0 N–H and O–H groups in total. The van der Waals surface area contributed by atoms with E-state index in [-0.39, 0.29) is 5.43 Å². The Bertz CT molecular complexity index is 623. The van der Waals surface area contributed by atoms with E-state index in [9.17, 15) is 4.79 Å². The standard InChI is InChI=1S/C13H9NO2.2C2H6/c15-9-6-7-11-13(8-9)16-12-5-3-1-2-4-10(12)14-11;2*1-2/h2-8H,1H2;2*1-2H3. The average Bonchev–Trinajstić information content (AvgIpc) is 2.74. The molecule has 1 heterocycles. The highest BCUT2D eigenvalue weighted by Gasteiger charge is 2.11. The second-order valence-corrected chi connectivity index (χ2v) is 3.63. The molecule has 0 unspecified atom stereocenters. The van der Waals surface area contributed by atoms with E-state index in [0.29, 0.717) is 17.2 Å². The molecule has 3 aliphatic rings. The summed E-state index contributed by atoms with van der Waals surface area (Å²) in [6.07, 6.45) is 8.72. The number of fused-ring (bicyclic) bond motifs is 2. The number of rotatable bonds is 0. The Kier molecular flexibility index (Phi) is 6.44. The van der Waals surface area contributed by atoms with Crippen LogP contribution in [0.15, 0.2) is 39.6 Å². The summed E-state index contributed by atoms with van der Waals surface area (Å²) in [4.78, 5) is 15.6. The second-order valence-electron chi connectivity index (χ2n) is 3.63. The van der Waals surface area contributed by atoms with Crippen molar-refractivity contribution in [3.05, 3.63) is 52.0 Å². The molecule has 0 amide bonds. The normalized spacial score (nSPS) is 11.6. The molecule has 0 atom stereocenters. The van der Waals surface area contributed by atoms with Crippen LogP contribution in [0.5, 0.6) is 0 Å². The molecule has 0 aromatic heterocycles. The van der Waals surface area contributed by atoms with Crippen LogP contribution in [0.1, 0.15) is 45.6 Å². The van der Waals surface area contributed by atoms with E-state index >= 15 is 0 Å². The number of aromatic nitrogens is 1. The molecule has 20 heavy (non-hydrogen) atoms. The largest absolute Gasteiger partial charge is 0.453 e. The summed E-state index contributed by atoms with van der Waals surface area (Å²) in [5.74, 6) is 1.23. The minimum atomic E-state index is -0.0638. The maximum Gasteiger partial charge on any atom is 0.182 e. The van der Waals surface area contributed by atoms with Crippen LogP contribution in [0.25, 0.3) is 23.6 Å². The first kappa shape index (κ1) is 15.9. The Morgan fingerprint density at radius 2 is 1.75 bits per heavy atom. The second kappa shape index (κ2) is 8.10. The molecule has 0 spiro atoms. The summed E-state index contributed by atoms with van der Waals surface area (Å²) >= 11 is 0. The van der Waals surface area contributed by atoms with E-state index in [1.54, 1.807) is 6.07 Å². The molecule has 0 saturated carbocycles. The van der Waals surface area contributed by atoms with Crippen molar-refractivity contribution in [1.82, 2.24) is 4.98 Å². The molecule has 3 heteroatoms. The predicted molar refractivity (Wildman–Crippen MR) is 84.8 cm³/mol. The lowest BCUT2D eigenvalue weighted by Crippen LogP contribution is -2.01. The first-order valence-corrected chi connectivity index (χ1v) is 7.11. The first-order valence-electron chi connectivity index (χ1n) is 7.11. The van der Waals surface area contributed by atoms with Crippen molar-refractivity contribution >= 4 is 12.2 Å². The van der Waals surface area contributed by atoms with Gasteiger partial charge in [0.25, 0.3) is 0 Å². The monoisotopic (exact) mass is 271 g/mol. The zero-order valence-electron chi connectivity index (χ0n) is 12.5. The molecule has 0 aromatic carbocycles. The minimum absolute atomic E-state index is 0.0638. The molecule has 0 aromatic rings. The van der Waals surface area contributed by atoms with Crippen molar-refractivity contribution < 1.29 is 4.42 Å². The summed E-state index contributed by atoms with van der Waals surface area (Å²) in [5, 5.41) is 0. The van der Waals surface area contributed by atoms with Crippen molar-refractivity contribution in [3.8, 4) is 11.5 Å². The van der Waals surface area contributed by atoms with Crippen LogP contribution in [0, 0.1) is 0 Å². The lowest BCUT2D eigenvalue weighted by Gasteiger charge is -2.06. The zero-order valence-corrected chi connectivity index (χ0v) is 12.5. The third-order valence-corrected chi connectivity index (χ3v) is 2.46. The van der Waals surface area contributed by atoms with Gasteiger partial charge in [-0.2, -0.15) is 0 Å². The van der Waals surface area contributed by atoms with E-state index in [0.717, 1.165) is 12.1 Å². The number of benzene rings is 1. The topological polar surface area (TPSA) is 43.1 Å². The Labute approximate surface area is 120 Å². The molecule has 0 radical (unpaired) electrons. The van der Waals surface area contributed by atoms with Crippen LogP contribution in [0.3, 0.4) is 0 Å². The minimum Gasteiger partial charge on any atom is -0.453 e. The van der Waals surface area contributed by atoms with Crippen molar-refractivity contribution in [2.24, 2.45) is 0 Å². The Balaban J connectivity index is 0.000000461. The van der Waals surface area contributed by atoms with Gasteiger partial charge in [0.2, 0.25) is 0 Å². The van der Waals surface area contributed by atoms with E-state index in [2.05, 4.69) is 4.98 Å². The molecule has 0 saturated heterocycles. The fraction of sp³-hybridized carbons (Fsp3) is 0.294. The van der Waals surface area contributed by atoms with Crippen LogP contribution in [0.4, 0.5) is 0 Å². The Morgan fingerprint density at radius 1 is 1.05 bits per heavy atom. The van der Waals surface area contributed by atoms with Gasteiger partial charge in [-0.05, 0) is 30.7 Å². The molecule has 0 bridgehead atoms. The number of hydrogen-bond acceptors (Lipinski definition) is 3. The molecule has 1 aliphatic heterocycles. The summed E-state index contributed by atoms with van der Waals surface area (Å²) in [5.41, 5.74) is 1.45. The van der Waals surface area contributed by atoms with Gasteiger partial charge in [-0.15, -0.1) is 0 Å². The smallest absolute Gasteiger partial charge is 0.182 e. The molecule has 3 nitrogen and oxygen atoms in total. The van der Waals surface area contributed by atoms with Gasteiger partial charge in [-0.25, -0.2) is 4.98 Å². The SMILES string of the molecule is CC.CC.O=c1ccc2nc3c(oc-2c1)C=CCC=C3. The van der Waals surface area contributed by atoms with E-state index in [1.165, 1.54) is 12.1 Å². The van der Waals surface area contributed by atoms with Crippen molar-refractivity contribution in [1.29, 1.82) is 0 Å². The summed E-state index contributed by atoms with van der Waals surface area (Å²) in [6.45, 7) is 8.00. The lowest BCUT2D eigenvalue weighted by molar-refractivity contribution is 0.543. The van der Waals surface area contributed by atoms with Gasteiger partial charge in [-0.3, -0.25) is 4.79 Å². The molecule has 106 valence electrons. The Hall–Kier alpha value is -2.16. The first-order chi connectivity index (χ1) is 9.83. The summed E-state index contributed by atoms with van der Waals surface area (Å²) < 4.78 is 5.64. The van der Waals surface area contributed by atoms with Crippen molar-refractivity contribution in [2.45, 2.75) is 34.1 Å². The summed E-state index contributed by atoms with van der Waals surface area (Å²) in [7, 11) is 0. The highest BCUT2D eigenvalue weighted by molar-refractivity contribution is 5.65. The highest BCUT2D eigenvalue weighted by atomic mass is 16.3. The molecule has 3 rings (SSSR count). The molecule has 0 fully saturated rings. The maximum absolute atomic E-state index is 11.2. The van der Waals surface area contributed by atoms with Gasteiger partial charge in [-0.1, -0.05) is 39.8 Å². The summed E-state index contributed by atoms with van der Waals surface area (Å²) in [6, 6.07) is 4.64. The third kappa shape index (κ3) is 3.67. The fourth-order valence-corrected chi connectivity index (χ4v) is 1.70. The number of nitrogens with zero attached hydrogens (tertiary/aromatic N) is 1. The van der Waals surface area contributed by atoms with Crippen molar-refractivity contribution in [2.75, 3.05) is 0 Å². The van der Waals surface area contributed by atoms with E-state index in [4.69, 9.17) is 4.42 Å². The number of allylic oxidation sites excluding steroid dienone is 2. The van der Waals surface area contributed by atoms with Gasteiger partial charge in [0, 0.05) is 6.07 Å². The predicted octanol–water partition coefficient (Wildman–Crippen LogP) is 4.62. The maximum atomic E-state index is 11.2. The highest BCUT2D eigenvalue weighted by Crippen LogP contribution is 2.24. The van der Waals surface area contributed by atoms with Crippen molar-refractivity contribution in [3.63, 3.8) is 0 Å². The van der Waals surface area contributed by atoms with Crippen LogP contribution in [-0.4, -0.2) is 4.98 Å². The van der Waals surface area contributed by atoms with Crippen LogP contribution in [-0.2, 0) is 0 Å². The third-order valence-electron chi connectivity index (χ3n) is 2.46. The quantitative estimate of drug-likeness (QED) is 0.702. The van der Waals surface area contributed by atoms with Gasteiger partial charge >= 0.3 is 0 Å². The van der Waals surface area contributed by atoms with Gasteiger partial charge < -0.3 is 4.42 Å². The fourth-order valence-electron chi connectivity index (χ4n) is 1.70. The van der Waals surface area contributed by atoms with Gasteiger partial charge in [0.1, 0.15) is 11.4 Å². The van der Waals surface area contributed by atoms with Crippen LogP contribution >= 0.6 is 0 Å². The Morgan fingerprint density at radius 3 is 2.50 bits per heavy atom. The lowest BCUT2D eigenvalue weighted by atomic mass is 10.2. The van der Waals surface area contributed by atoms with Crippen LogP contribution < -0.4 is 5.43 Å². The van der Waals surface area contributed by atoms with Crippen LogP contribution in [0.2, 0.25) is 0 Å². The zero-order chi connectivity index (χ0) is 15.0. The van der Waals surface area contributed by atoms with E-state index < -0.39 is 0 Å². The van der Waals surface area contributed by atoms with Gasteiger partial charge in [0.05, 0.1) is 0 Å². The average molecular weight is 271 g/mol. The molecular weight excluding hydrogens is 250 g/mol. The number of hydrogen-bond donors (Lipinski definition) is 0. The molecular formula is C17H21NO2. The van der Waals surface area contributed by atoms with E-state index in [1.807, 2.05) is 52.0 Å². The molecule has 2 aliphatic carbocycles. The van der Waals surface area contributed by atoms with Gasteiger partial charge in [0.15, 0.2) is 16.9 Å².